The lowest BCUT2D eigenvalue weighted by atomic mass is 10.0. The van der Waals surface area contributed by atoms with Crippen LogP contribution in [0.2, 0.25) is 0 Å². The predicted molar refractivity (Wildman–Crippen MR) is 69.6 cm³/mol. The number of carboxylic acid groups (broad SMARTS) is 1. The van der Waals surface area contributed by atoms with Crippen LogP contribution >= 0.6 is 0 Å². The molecule has 0 saturated carbocycles. The van der Waals surface area contributed by atoms with Crippen molar-refractivity contribution in [1.29, 1.82) is 0 Å². The summed E-state index contributed by atoms with van der Waals surface area (Å²) in [5.41, 5.74) is 1.85. The van der Waals surface area contributed by atoms with Crippen molar-refractivity contribution >= 4 is 17.7 Å². The molecular weight excluding hydrogens is 232 g/mol. The summed E-state index contributed by atoms with van der Waals surface area (Å²) in [6.45, 7) is 3.90. The topological polar surface area (TPSA) is 78.4 Å². The summed E-state index contributed by atoms with van der Waals surface area (Å²) in [7, 11) is 0. The Kier molecular flexibility index (Phi) is 5.17. The summed E-state index contributed by atoms with van der Waals surface area (Å²) < 4.78 is 0. The van der Waals surface area contributed by atoms with Crippen LogP contribution in [0.3, 0.4) is 0 Å². The van der Waals surface area contributed by atoms with E-state index in [-0.39, 0.29) is 0 Å². The Balaban J connectivity index is 2.48. The first kappa shape index (κ1) is 14.0. The smallest absolute Gasteiger partial charge is 0.323 e. The molecule has 0 aliphatic rings. The van der Waals surface area contributed by atoms with Crippen LogP contribution < -0.4 is 10.6 Å². The molecule has 0 radical (unpaired) electrons. The van der Waals surface area contributed by atoms with E-state index >= 15 is 0 Å². The highest BCUT2D eigenvalue weighted by Crippen LogP contribution is 2.12. The summed E-state index contributed by atoms with van der Waals surface area (Å²) in [5, 5.41) is 13.2. The number of hydrogen-bond acceptors (Lipinski definition) is 2. The Morgan fingerprint density at radius 3 is 2.33 bits per heavy atom. The second-order valence-electron chi connectivity index (χ2n) is 4.50. The van der Waals surface area contributed by atoms with Gasteiger partial charge in [-0.25, -0.2) is 4.79 Å². The van der Waals surface area contributed by atoms with Crippen LogP contribution in [0.25, 0.3) is 0 Å². The summed E-state index contributed by atoms with van der Waals surface area (Å²) in [6, 6.07) is 6.99. The molecule has 5 nitrogen and oxygen atoms in total. The van der Waals surface area contributed by atoms with Gasteiger partial charge in [0.2, 0.25) is 0 Å². The number of carbonyl (C=O) groups is 2. The molecule has 0 aliphatic heterocycles. The number of carbonyl (C=O) groups excluding carboxylic acids is 1. The normalized spacial score (nSPS) is 10.2. The van der Waals surface area contributed by atoms with E-state index in [2.05, 4.69) is 24.5 Å². The molecule has 0 bridgehead atoms. The Labute approximate surface area is 106 Å². The van der Waals surface area contributed by atoms with Crippen molar-refractivity contribution in [3.8, 4) is 0 Å². The second-order valence-corrected chi connectivity index (χ2v) is 4.50. The minimum atomic E-state index is -1.07. The minimum Gasteiger partial charge on any atom is -0.480 e. The number of hydrogen-bond donors (Lipinski definition) is 3. The van der Waals surface area contributed by atoms with E-state index in [1.165, 1.54) is 5.56 Å². The van der Waals surface area contributed by atoms with Crippen LogP contribution in [-0.4, -0.2) is 23.7 Å². The molecule has 0 saturated heterocycles. The average molecular weight is 250 g/mol. The number of benzene rings is 1. The molecule has 98 valence electrons. The lowest BCUT2D eigenvalue weighted by Gasteiger charge is -2.08. The standard InChI is InChI=1S/C13H18N2O3/c1-9(2)7-10-3-5-11(6-4-10)15-13(18)14-8-12(16)17/h3-6,9H,7-8H2,1-2H3,(H,16,17)(H2,14,15,18). The molecule has 0 aromatic heterocycles. The van der Waals surface area contributed by atoms with Crippen LogP contribution in [0.5, 0.6) is 0 Å². The van der Waals surface area contributed by atoms with Gasteiger partial charge in [-0.2, -0.15) is 0 Å². The van der Waals surface area contributed by atoms with Crippen LogP contribution in [0, 0.1) is 5.92 Å². The SMILES string of the molecule is CC(C)Cc1ccc(NC(=O)NCC(=O)O)cc1. The quantitative estimate of drug-likeness (QED) is 0.748. The second kappa shape index (κ2) is 6.64. The van der Waals surface area contributed by atoms with E-state index in [1.54, 1.807) is 12.1 Å². The molecule has 0 heterocycles. The van der Waals surface area contributed by atoms with Gasteiger partial charge in [0.25, 0.3) is 0 Å². The van der Waals surface area contributed by atoms with Crippen molar-refractivity contribution in [2.75, 3.05) is 11.9 Å². The maximum absolute atomic E-state index is 11.3. The van der Waals surface area contributed by atoms with Crippen molar-refractivity contribution in [3.63, 3.8) is 0 Å². The van der Waals surface area contributed by atoms with E-state index < -0.39 is 18.5 Å². The Bertz CT molecular complexity index is 413. The van der Waals surface area contributed by atoms with Gasteiger partial charge in [-0.15, -0.1) is 0 Å². The summed E-state index contributed by atoms with van der Waals surface area (Å²) in [5.74, 6) is -0.486. The fraction of sp³-hybridized carbons (Fsp3) is 0.385. The van der Waals surface area contributed by atoms with Crippen LogP contribution in [0.1, 0.15) is 19.4 Å². The maximum atomic E-state index is 11.3. The van der Waals surface area contributed by atoms with Gasteiger partial charge in [0.05, 0.1) is 0 Å². The van der Waals surface area contributed by atoms with Crippen LogP contribution in [0.15, 0.2) is 24.3 Å². The lowest BCUT2D eigenvalue weighted by Crippen LogP contribution is -2.33. The van der Waals surface area contributed by atoms with Crippen LogP contribution in [0.4, 0.5) is 10.5 Å². The number of urea groups is 1. The largest absolute Gasteiger partial charge is 0.480 e. The average Bonchev–Trinajstić information content (AvgIpc) is 2.28. The fourth-order valence-electron chi connectivity index (χ4n) is 1.53. The Morgan fingerprint density at radius 2 is 1.83 bits per heavy atom. The molecule has 0 unspecified atom stereocenters. The fourth-order valence-corrected chi connectivity index (χ4v) is 1.53. The molecule has 0 atom stereocenters. The predicted octanol–water partition coefficient (Wildman–Crippen LogP) is 2.09. The van der Waals surface area contributed by atoms with Gasteiger partial charge in [-0.1, -0.05) is 26.0 Å². The first-order valence-corrected chi connectivity index (χ1v) is 5.83. The van der Waals surface area contributed by atoms with Crippen molar-refractivity contribution in [3.05, 3.63) is 29.8 Å². The van der Waals surface area contributed by atoms with Gasteiger partial charge in [0, 0.05) is 5.69 Å². The van der Waals surface area contributed by atoms with Gasteiger partial charge < -0.3 is 15.7 Å². The third-order valence-electron chi connectivity index (χ3n) is 2.26. The van der Waals surface area contributed by atoms with Crippen molar-refractivity contribution in [2.45, 2.75) is 20.3 Å². The first-order chi connectivity index (χ1) is 8.47. The van der Waals surface area contributed by atoms with Crippen molar-refractivity contribution in [2.24, 2.45) is 5.92 Å². The molecule has 2 amide bonds. The third kappa shape index (κ3) is 5.34. The Hall–Kier alpha value is -2.04. The van der Waals surface area contributed by atoms with Crippen molar-refractivity contribution in [1.82, 2.24) is 5.32 Å². The monoisotopic (exact) mass is 250 g/mol. The summed E-state index contributed by atoms with van der Waals surface area (Å²) in [6.07, 6.45) is 0.992. The lowest BCUT2D eigenvalue weighted by molar-refractivity contribution is -0.135. The van der Waals surface area contributed by atoms with Crippen LogP contribution in [-0.2, 0) is 11.2 Å². The van der Waals surface area contributed by atoms with E-state index in [9.17, 15) is 9.59 Å². The summed E-state index contributed by atoms with van der Waals surface area (Å²) >= 11 is 0. The number of rotatable bonds is 5. The third-order valence-corrected chi connectivity index (χ3v) is 2.26. The molecule has 3 N–H and O–H groups in total. The van der Waals surface area contributed by atoms with E-state index in [4.69, 9.17) is 5.11 Å². The van der Waals surface area contributed by atoms with Gasteiger partial charge in [0.1, 0.15) is 6.54 Å². The van der Waals surface area contributed by atoms with Crippen molar-refractivity contribution < 1.29 is 14.7 Å². The molecule has 1 aromatic carbocycles. The number of amides is 2. The van der Waals surface area contributed by atoms with E-state index in [0.29, 0.717) is 11.6 Å². The molecule has 5 heteroatoms. The molecular formula is C13H18N2O3. The van der Waals surface area contributed by atoms with E-state index in [0.717, 1.165) is 6.42 Å². The number of carboxylic acids is 1. The highest BCUT2D eigenvalue weighted by atomic mass is 16.4. The zero-order valence-electron chi connectivity index (χ0n) is 10.6. The molecule has 1 aromatic rings. The van der Waals surface area contributed by atoms with E-state index in [1.807, 2.05) is 12.1 Å². The molecule has 0 fully saturated rings. The molecule has 0 aliphatic carbocycles. The number of aliphatic carboxylic acids is 1. The van der Waals surface area contributed by atoms with Gasteiger partial charge >= 0.3 is 12.0 Å². The molecule has 1 rings (SSSR count). The highest BCUT2D eigenvalue weighted by molar-refractivity contribution is 5.91. The van der Waals surface area contributed by atoms with Gasteiger partial charge in [-0.05, 0) is 30.0 Å². The van der Waals surface area contributed by atoms with Gasteiger partial charge in [0.15, 0.2) is 0 Å². The maximum Gasteiger partial charge on any atom is 0.323 e. The minimum absolute atomic E-state index is 0.392. The summed E-state index contributed by atoms with van der Waals surface area (Å²) in [4.78, 5) is 21.6. The molecule has 0 spiro atoms. The number of nitrogens with one attached hydrogen (secondary N) is 2. The zero-order chi connectivity index (χ0) is 13.5. The zero-order valence-corrected chi connectivity index (χ0v) is 10.6. The first-order valence-electron chi connectivity index (χ1n) is 5.83. The molecule has 18 heavy (non-hydrogen) atoms. The number of anilines is 1. The van der Waals surface area contributed by atoms with Gasteiger partial charge in [-0.3, -0.25) is 4.79 Å². The Morgan fingerprint density at radius 1 is 1.22 bits per heavy atom. The highest BCUT2D eigenvalue weighted by Gasteiger charge is 2.04.